The SMILES string of the molecule is CC(=O)C=C(C)O.CC(=O)C=C(C)O.CC(=O)C=C(C)O.CC(=O)C=C(C)O.CC(=O)C=C(C)O.Cc1cc[c-]c(-c2cc3c(cn2)oc2ccccc23)c1.Cc1cc[c-]c(-c2ccc3c(n2)oc2ccccc23)c1.Cc1cc[c-]c(-c2nccc3c2oc2ccccc23)c1.[Ir].[Ir].[Ir].[Ir].[Ir].[c-]1ccccc1-c1cc2c(cn1)oc1ccccc12.[c-]1ccccc1-c1nccc2c1oc1ccccc12. The second kappa shape index (κ2) is 55.5. The van der Waals surface area contributed by atoms with Crippen LogP contribution in [0.15, 0.2) is 367 Å². The maximum atomic E-state index is 10.0. The third-order valence-electron chi connectivity index (χ3n) is 19.0. The van der Waals surface area contributed by atoms with Crippen LogP contribution in [0.2, 0.25) is 0 Å². The predicted molar refractivity (Wildman–Crippen MR) is 528 cm³/mol. The van der Waals surface area contributed by atoms with Gasteiger partial charge in [0.05, 0.1) is 41.2 Å². The van der Waals surface area contributed by atoms with Crippen molar-refractivity contribution in [3.63, 3.8) is 0 Å². The van der Waals surface area contributed by atoms with Crippen LogP contribution >= 0.6 is 0 Å². The summed E-state index contributed by atoms with van der Waals surface area (Å²) in [5.41, 5.74) is 21.4. The minimum absolute atomic E-state index is 0. The van der Waals surface area contributed by atoms with Crippen LogP contribution in [-0.2, 0) is 124 Å². The molecule has 0 amide bonds. The summed E-state index contributed by atoms with van der Waals surface area (Å²) in [7, 11) is 0. The van der Waals surface area contributed by atoms with Crippen molar-refractivity contribution in [1.29, 1.82) is 0 Å². The molecule has 10 aromatic heterocycles. The molecule has 138 heavy (non-hydrogen) atoms. The average Bonchev–Trinajstić information content (AvgIpc) is 1.69. The van der Waals surface area contributed by atoms with Gasteiger partial charge in [-0.3, -0.25) is 29.0 Å². The van der Waals surface area contributed by atoms with Crippen molar-refractivity contribution < 1.29 is 172 Å². The number of nitrogens with zero attached hydrogens (tertiary/aromatic N) is 5. The Hall–Kier alpha value is -13.8. The van der Waals surface area contributed by atoms with Gasteiger partial charge in [-0.2, -0.15) is 0 Å². The van der Waals surface area contributed by atoms with Crippen molar-refractivity contribution >= 4 is 139 Å². The number of aliphatic hydroxyl groups is 5. The van der Waals surface area contributed by atoms with E-state index in [9.17, 15) is 24.0 Å². The molecule has 0 fully saturated rings. The largest absolute Gasteiger partial charge is 0.512 e. The molecule has 0 spiro atoms. The van der Waals surface area contributed by atoms with E-state index in [1.54, 1.807) is 12.4 Å². The van der Waals surface area contributed by atoms with E-state index in [-0.39, 0.29) is 158 Å². The van der Waals surface area contributed by atoms with Gasteiger partial charge in [0.2, 0.25) is 5.71 Å². The number of hydrogen-bond donors (Lipinski definition) is 5. The van der Waals surface area contributed by atoms with Crippen molar-refractivity contribution in [2.45, 2.75) is 90.0 Å². The summed E-state index contributed by atoms with van der Waals surface area (Å²) < 4.78 is 29.3. The number of para-hydroxylation sites is 5. The van der Waals surface area contributed by atoms with Crippen molar-refractivity contribution in [3.8, 4) is 56.3 Å². The first-order valence-electron chi connectivity index (χ1n) is 42.1. The van der Waals surface area contributed by atoms with Gasteiger partial charge in [0.15, 0.2) is 40.1 Å². The molecule has 0 aliphatic carbocycles. The van der Waals surface area contributed by atoms with Crippen LogP contribution in [-0.4, -0.2) is 79.4 Å². The van der Waals surface area contributed by atoms with E-state index in [4.69, 9.17) is 47.6 Å². The molecule has 5 radical (unpaired) electrons. The zero-order chi connectivity index (χ0) is 95.2. The molecule has 0 unspecified atom stereocenters. The number of carbonyl (C=O) groups excluding carboxylic acids is 5. The molecular formula is C113H96Ir5N5O15-5. The van der Waals surface area contributed by atoms with Gasteiger partial charge in [-0.15, -0.1) is 178 Å². The Balaban J connectivity index is 0.000000242. The molecule has 10 heterocycles. The molecule has 20 nitrogen and oxygen atoms in total. The molecule has 0 aliphatic heterocycles. The van der Waals surface area contributed by atoms with E-state index in [2.05, 4.69) is 143 Å². The summed E-state index contributed by atoms with van der Waals surface area (Å²) in [5, 5.41) is 52.9. The van der Waals surface area contributed by atoms with Crippen LogP contribution < -0.4 is 0 Å². The summed E-state index contributed by atoms with van der Waals surface area (Å²) in [5.74, 6) is -0.312. The fraction of sp³-hybridized carbons (Fsp3) is 0.115. The number of benzene rings is 10. The molecule has 10 aromatic carbocycles. The van der Waals surface area contributed by atoms with Crippen LogP contribution in [0.5, 0.6) is 0 Å². The van der Waals surface area contributed by atoms with Gasteiger partial charge in [0.25, 0.3) is 0 Å². The Bertz CT molecular complexity index is 7490. The third-order valence-corrected chi connectivity index (χ3v) is 19.0. The Kier molecular flexibility index (Phi) is 45.4. The molecule has 20 rings (SSSR count). The fourth-order valence-corrected chi connectivity index (χ4v) is 13.7. The number of furan rings is 5. The van der Waals surface area contributed by atoms with E-state index in [0.717, 1.165) is 160 Å². The maximum Gasteiger partial charge on any atom is 0.218 e. The summed E-state index contributed by atoms with van der Waals surface area (Å²) >= 11 is 0. The van der Waals surface area contributed by atoms with Gasteiger partial charge < -0.3 is 67.6 Å². The van der Waals surface area contributed by atoms with Crippen LogP contribution in [0.4, 0.5) is 0 Å². The molecule has 0 atom stereocenters. The number of aliphatic hydroxyl groups excluding tert-OH is 5. The van der Waals surface area contributed by atoms with Crippen molar-refractivity contribution in [2.24, 2.45) is 0 Å². The molecule has 0 saturated heterocycles. The Morgan fingerprint density at radius 3 is 0.906 bits per heavy atom. The Morgan fingerprint density at radius 1 is 0.261 bits per heavy atom. The summed E-state index contributed by atoms with van der Waals surface area (Å²) in [6.45, 7) is 20.4. The van der Waals surface area contributed by atoms with E-state index in [1.165, 1.54) is 116 Å². The van der Waals surface area contributed by atoms with Crippen LogP contribution in [0.25, 0.3) is 166 Å². The van der Waals surface area contributed by atoms with Crippen molar-refractivity contribution in [2.75, 3.05) is 0 Å². The second-order valence-corrected chi connectivity index (χ2v) is 30.6. The second-order valence-electron chi connectivity index (χ2n) is 30.6. The van der Waals surface area contributed by atoms with Crippen LogP contribution in [0, 0.1) is 51.1 Å². The zero-order valence-electron chi connectivity index (χ0n) is 77.2. The molecular weight excluding hydrogens is 2630 g/mol. The number of rotatable bonds is 10. The van der Waals surface area contributed by atoms with Crippen molar-refractivity contribution in [3.05, 3.63) is 392 Å². The van der Waals surface area contributed by atoms with E-state index >= 15 is 0 Å². The molecule has 0 bridgehead atoms. The number of hydrogen-bond acceptors (Lipinski definition) is 20. The fourth-order valence-electron chi connectivity index (χ4n) is 13.7. The first-order chi connectivity index (χ1) is 63.9. The quantitative estimate of drug-likeness (QED) is 0.0482. The monoisotopic (exact) mass is 2730 g/mol. The van der Waals surface area contributed by atoms with Crippen LogP contribution in [0.3, 0.4) is 0 Å². The zero-order valence-corrected chi connectivity index (χ0v) is 89.2. The Morgan fingerprint density at radius 2 is 0.558 bits per heavy atom. The maximum absolute atomic E-state index is 10.0. The number of pyridine rings is 5. The van der Waals surface area contributed by atoms with E-state index in [0.29, 0.717) is 5.71 Å². The smallest absolute Gasteiger partial charge is 0.218 e. The van der Waals surface area contributed by atoms with Gasteiger partial charge in [-0.05, 0) is 129 Å². The molecule has 0 saturated carbocycles. The topological polar surface area (TPSA) is 317 Å². The number of carbonyl (C=O) groups is 5. The van der Waals surface area contributed by atoms with E-state index < -0.39 is 0 Å². The normalized spacial score (nSPS) is 10.9. The first-order valence-corrected chi connectivity index (χ1v) is 42.1. The van der Waals surface area contributed by atoms with Gasteiger partial charge in [0, 0.05) is 209 Å². The molecule has 0 aliphatic rings. The molecule has 5 N–H and O–H groups in total. The molecule has 25 heteroatoms. The standard InChI is InChI=1S/3C18H12NO.2C17H10NO.5C5H8O2.5Ir/c1-12-5-4-6-13(9-12)16-10-15-14-7-2-3-8-17(14)20-18(15)11-19-16;1-12-5-4-6-13(11-12)16-10-9-15-14-7-2-3-8-17(14)20-18(15)19-16;1-12-5-4-6-13(11-12)17-18-15(9-10-19-17)14-7-2-3-8-16(14)20-18;1-2-6-12(7-3-1)15-10-14-13-8-4-5-9-16(13)19-17(14)11-18-15;1-2-6-12(7-3-1)16-17-14(10-11-18-16)13-8-4-5-9-15(13)19-17;5*1-4(6)3-5(2)7;;;;;/h3*2-5,7-11H,1H3;2*1-6,8-11H;5*3,6H,1-2H3;;;;;/q5*-1;;;;;;;;;;. The van der Waals surface area contributed by atoms with E-state index in [1.807, 2.05) is 207 Å². The summed E-state index contributed by atoms with van der Waals surface area (Å²) in [6.07, 6.45) is 13.1. The van der Waals surface area contributed by atoms with Gasteiger partial charge in [-0.25, -0.2) is 0 Å². The summed E-state index contributed by atoms with van der Waals surface area (Å²) in [6, 6.07) is 102. The summed E-state index contributed by atoms with van der Waals surface area (Å²) in [4.78, 5) is 72.6. The minimum atomic E-state index is -0.125. The molecule has 713 valence electrons. The van der Waals surface area contributed by atoms with Gasteiger partial charge >= 0.3 is 0 Å². The minimum Gasteiger partial charge on any atom is -0.512 e. The number of ketones is 5. The van der Waals surface area contributed by atoms with Gasteiger partial charge in [-0.1, -0.05) is 136 Å². The van der Waals surface area contributed by atoms with Gasteiger partial charge in [0.1, 0.15) is 39.1 Å². The average molecular weight is 2730 g/mol. The number of aromatic nitrogens is 5. The molecule has 20 aromatic rings. The van der Waals surface area contributed by atoms with Crippen molar-refractivity contribution in [1.82, 2.24) is 24.9 Å². The number of allylic oxidation sites excluding steroid dienone is 10. The third kappa shape index (κ3) is 32.8. The van der Waals surface area contributed by atoms with Crippen LogP contribution in [0.1, 0.15) is 85.9 Å². The Labute approximate surface area is 866 Å². The first kappa shape index (κ1) is 113. The predicted octanol–water partition coefficient (Wildman–Crippen LogP) is 28.3. The number of aryl methyl sites for hydroxylation is 3. The number of fused-ring (bicyclic) bond motifs is 15.